The number of ether oxygens (including phenoxy) is 1. The molecule has 4 rings (SSSR count). The maximum atomic E-state index is 9.75. The third kappa shape index (κ3) is 10.2. The lowest BCUT2D eigenvalue weighted by Gasteiger charge is -2.19. The molecule has 1 aliphatic rings. The van der Waals surface area contributed by atoms with Gasteiger partial charge in [-0.1, -0.05) is 105 Å². The molecule has 0 saturated carbocycles. The van der Waals surface area contributed by atoms with Gasteiger partial charge in [-0.2, -0.15) is 0 Å². The summed E-state index contributed by atoms with van der Waals surface area (Å²) in [6.07, 6.45) is 8.31. The lowest BCUT2D eigenvalue weighted by atomic mass is 9.81. The van der Waals surface area contributed by atoms with Crippen LogP contribution < -0.4 is 10.6 Å². The van der Waals surface area contributed by atoms with E-state index in [4.69, 9.17) is 18.0 Å². The van der Waals surface area contributed by atoms with Crippen molar-refractivity contribution in [2.75, 3.05) is 18.8 Å². The van der Waals surface area contributed by atoms with Gasteiger partial charge in [-0.15, -0.1) is 0 Å². The van der Waals surface area contributed by atoms with Gasteiger partial charge in [0, 0.05) is 12.8 Å². The van der Waals surface area contributed by atoms with E-state index >= 15 is 0 Å². The summed E-state index contributed by atoms with van der Waals surface area (Å²) < 4.78 is 5.55. The van der Waals surface area contributed by atoms with E-state index in [0.29, 0.717) is 31.2 Å². The van der Waals surface area contributed by atoms with Crippen molar-refractivity contribution in [3.05, 3.63) is 124 Å². The molecule has 214 valence electrons. The van der Waals surface area contributed by atoms with Crippen LogP contribution in [0.4, 0.5) is 5.69 Å². The van der Waals surface area contributed by atoms with Crippen LogP contribution in [-0.4, -0.2) is 32.6 Å². The fourth-order valence-corrected chi connectivity index (χ4v) is 4.49. The molecule has 0 unspecified atom stereocenters. The molecule has 0 bridgehead atoms. The average Bonchev–Trinajstić information content (AvgIpc) is 3.00. The first kappa shape index (κ1) is 33.3. The molecule has 0 spiro atoms. The molecule has 0 heterocycles. The van der Waals surface area contributed by atoms with E-state index in [0.717, 1.165) is 30.4 Å². The van der Waals surface area contributed by atoms with Gasteiger partial charge >= 0.3 is 0 Å². The summed E-state index contributed by atoms with van der Waals surface area (Å²) >= 11 is 0. The van der Waals surface area contributed by atoms with Crippen LogP contribution in [0, 0.1) is 12.3 Å². The maximum absolute atomic E-state index is 9.75. The minimum atomic E-state index is 0. The Kier molecular flexibility index (Phi) is 14.4. The molecule has 0 atom stereocenters. The Morgan fingerprint density at radius 1 is 0.927 bits per heavy atom. The number of aromatic hydroxyl groups is 1. The van der Waals surface area contributed by atoms with Crippen LogP contribution in [0.5, 0.6) is 5.75 Å². The molecule has 0 aliphatic heterocycles. The molecule has 3 aromatic carbocycles. The molecule has 0 saturated heterocycles. The Hall–Kier alpha value is -3.87. The highest BCUT2D eigenvalue weighted by Gasteiger charge is 2.14. The second kappa shape index (κ2) is 17.7. The van der Waals surface area contributed by atoms with Crippen molar-refractivity contribution in [2.45, 2.75) is 54.0 Å². The summed E-state index contributed by atoms with van der Waals surface area (Å²) in [7, 11) is 6.15. The molecule has 5 nitrogen and oxygen atoms in total. The zero-order valence-corrected chi connectivity index (χ0v) is 23.8. The Morgan fingerprint density at radius 2 is 1.61 bits per heavy atom. The van der Waals surface area contributed by atoms with E-state index in [-0.39, 0.29) is 13.2 Å². The van der Waals surface area contributed by atoms with Gasteiger partial charge in [0.2, 0.25) is 0 Å². The van der Waals surface area contributed by atoms with Gasteiger partial charge in [0.15, 0.2) is 0 Å². The lowest BCUT2D eigenvalue weighted by Crippen LogP contribution is -2.20. The van der Waals surface area contributed by atoms with Crippen LogP contribution in [-0.2, 0) is 17.7 Å². The Bertz CT molecular complexity index is 1340. The second-order valence-corrected chi connectivity index (χ2v) is 9.45. The Labute approximate surface area is 248 Å². The highest BCUT2D eigenvalue weighted by molar-refractivity contribution is 6.33. The number of hydrogen-bond acceptors (Lipinski definition) is 5. The molecular formula is C35H44BN3O2. The van der Waals surface area contributed by atoms with Crippen molar-refractivity contribution >= 4 is 25.3 Å². The van der Waals surface area contributed by atoms with Crippen molar-refractivity contribution in [3.63, 3.8) is 0 Å². The van der Waals surface area contributed by atoms with Crippen LogP contribution in [0.25, 0.3) is 5.57 Å². The molecule has 0 fully saturated rings. The van der Waals surface area contributed by atoms with E-state index in [1.807, 2.05) is 19.9 Å². The van der Waals surface area contributed by atoms with Crippen LogP contribution in [0.15, 0.2) is 102 Å². The first-order chi connectivity index (χ1) is 19.5. The molecule has 41 heavy (non-hydrogen) atoms. The van der Waals surface area contributed by atoms with Crippen molar-refractivity contribution < 1.29 is 9.84 Å². The van der Waals surface area contributed by atoms with E-state index < -0.39 is 0 Å². The van der Waals surface area contributed by atoms with Crippen LogP contribution in [0.2, 0.25) is 0 Å². The zero-order valence-electron chi connectivity index (χ0n) is 23.8. The summed E-state index contributed by atoms with van der Waals surface area (Å²) in [5, 5.41) is 23.7. The van der Waals surface area contributed by atoms with E-state index in [9.17, 15) is 5.11 Å². The summed E-state index contributed by atoms with van der Waals surface area (Å²) in [6, 6.07) is 24.1. The Balaban J connectivity index is 0.00000192. The molecule has 1 aliphatic carbocycles. The molecular weight excluding hydrogens is 505 g/mol. The minimum absolute atomic E-state index is 0. The molecule has 0 amide bonds. The monoisotopic (exact) mass is 549 g/mol. The van der Waals surface area contributed by atoms with Gasteiger partial charge in [-0.3, -0.25) is 5.32 Å². The van der Waals surface area contributed by atoms with Crippen molar-refractivity contribution in [1.29, 1.82) is 5.41 Å². The number of allylic oxidation sites excluding steroid dienone is 6. The first-order valence-corrected chi connectivity index (χ1v) is 13.9. The standard InChI is InChI=1S/C32H34BN3O2.C2H6.CH4/c1-23-6-2-3-7-29(23)27-16-26(17-28(18-27)30(33)19-34)15-12-24-10-13-25(14-11-24)20-35-21-38-22-36-31-8-4-5-9-32(31)37;1-2;/h2-11,13-14,16,18-19,34-37H,12,15,17,20-22H2,1H3;1-2H3;1H4/b30-28-,34-19?;;. The minimum Gasteiger partial charge on any atom is -0.506 e. The van der Waals surface area contributed by atoms with E-state index in [1.54, 1.807) is 18.2 Å². The summed E-state index contributed by atoms with van der Waals surface area (Å²) in [5.41, 5.74) is 9.58. The van der Waals surface area contributed by atoms with Crippen molar-refractivity contribution in [2.24, 2.45) is 0 Å². The number of hydrogen-bond donors (Lipinski definition) is 4. The lowest BCUT2D eigenvalue weighted by molar-refractivity contribution is 0.132. The van der Waals surface area contributed by atoms with Gasteiger partial charge in [0.25, 0.3) is 0 Å². The number of benzene rings is 3. The van der Waals surface area contributed by atoms with Gasteiger partial charge in [-0.25, -0.2) is 0 Å². The third-order valence-corrected chi connectivity index (χ3v) is 6.65. The second-order valence-electron chi connectivity index (χ2n) is 9.45. The van der Waals surface area contributed by atoms with Crippen LogP contribution >= 0.6 is 0 Å². The van der Waals surface area contributed by atoms with Gasteiger partial charge in [0.1, 0.15) is 20.3 Å². The summed E-state index contributed by atoms with van der Waals surface area (Å²) in [6.45, 7) is 7.55. The number of anilines is 1. The third-order valence-electron chi connectivity index (χ3n) is 6.65. The number of aryl methyl sites for hydroxylation is 2. The zero-order chi connectivity index (χ0) is 28.7. The molecule has 3 aromatic rings. The molecule has 2 radical (unpaired) electrons. The number of phenolic OH excluding ortho intramolecular Hbond substituents is 1. The number of rotatable bonds is 12. The SMILES string of the molecule is C.CC.[B]/C(C=N)=C1\C=C(c2ccccc2C)C=C(CCc2ccc(CNCOCNc3ccccc3O)cc2)C1. The largest absolute Gasteiger partial charge is 0.506 e. The van der Waals surface area contributed by atoms with E-state index in [2.05, 4.69) is 78.2 Å². The number of phenols is 1. The number of nitrogens with one attached hydrogen (secondary N) is 3. The fourth-order valence-electron chi connectivity index (χ4n) is 4.49. The van der Waals surface area contributed by atoms with Crippen molar-refractivity contribution in [3.8, 4) is 5.75 Å². The molecule has 6 heteroatoms. The predicted octanol–water partition coefficient (Wildman–Crippen LogP) is 7.91. The van der Waals surface area contributed by atoms with Gasteiger partial charge in [-0.05, 0) is 71.7 Å². The highest BCUT2D eigenvalue weighted by Crippen LogP contribution is 2.33. The predicted molar refractivity (Wildman–Crippen MR) is 176 cm³/mol. The summed E-state index contributed by atoms with van der Waals surface area (Å²) in [5.74, 6) is 0.208. The average molecular weight is 550 g/mol. The highest BCUT2D eigenvalue weighted by atomic mass is 16.5. The quantitative estimate of drug-likeness (QED) is 0.0609. The van der Waals surface area contributed by atoms with Gasteiger partial charge in [0.05, 0.1) is 12.4 Å². The van der Waals surface area contributed by atoms with Crippen LogP contribution in [0.1, 0.15) is 56.4 Å². The van der Waals surface area contributed by atoms with Crippen molar-refractivity contribution in [1.82, 2.24) is 5.32 Å². The normalized spacial score (nSPS) is 13.5. The Morgan fingerprint density at radius 3 is 2.32 bits per heavy atom. The fraction of sp³-hybridized carbons (Fsp3) is 0.286. The first-order valence-electron chi connectivity index (χ1n) is 13.9. The maximum Gasteiger partial charge on any atom is 0.138 e. The van der Waals surface area contributed by atoms with E-state index in [1.165, 1.54) is 34.0 Å². The smallest absolute Gasteiger partial charge is 0.138 e. The topological polar surface area (TPSA) is 77.4 Å². The summed E-state index contributed by atoms with van der Waals surface area (Å²) in [4.78, 5) is 0. The van der Waals surface area contributed by atoms with Gasteiger partial charge < -0.3 is 20.6 Å². The van der Waals surface area contributed by atoms with Crippen LogP contribution in [0.3, 0.4) is 0 Å². The number of para-hydroxylation sites is 2. The molecule has 4 N–H and O–H groups in total. The molecule has 0 aromatic heterocycles.